The van der Waals surface area contributed by atoms with Gasteiger partial charge < -0.3 is 9.32 Å². The van der Waals surface area contributed by atoms with E-state index < -0.39 is 9.84 Å². The quantitative estimate of drug-likeness (QED) is 0.282. The smallest absolute Gasteiger partial charge is 0.175 e. The van der Waals surface area contributed by atoms with E-state index in [9.17, 15) is 13.2 Å². The highest BCUT2D eigenvalue weighted by Crippen LogP contribution is 2.46. The maximum Gasteiger partial charge on any atom is 0.175 e. The van der Waals surface area contributed by atoms with Gasteiger partial charge in [-0.15, -0.1) is 0 Å². The van der Waals surface area contributed by atoms with Gasteiger partial charge in [0.1, 0.15) is 6.29 Å². The molecule has 0 bridgehead atoms. The number of carbonyl (C=O) groups excluding carboxylic acids is 1. The molecule has 0 atom stereocenters. The molecule has 0 amide bonds. The predicted molar refractivity (Wildman–Crippen MR) is 137 cm³/mol. The normalized spacial score (nSPS) is 14.8. The van der Waals surface area contributed by atoms with Gasteiger partial charge in [0.25, 0.3) is 0 Å². The minimum atomic E-state index is -3.45. The van der Waals surface area contributed by atoms with Crippen LogP contribution in [0.5, 0.6) is 0 Å². The number of rotatable bonds is 8. The van der Waals surface area contributed by atoms with Crippen LogP contribution >= 0.6 is 0 Å². The molecule has 5 rings (SSSR count). The summed E-state index contributed by atoms with van der Waals surface area (Å²) in [5, 5.41) is 5.28. The standard InChI is InChI=1S/C29H25NO4S/c1-21-27(15-18-35(32,33)19-22-5-3-2-4-6-22)28(34-30-21)25-9-7-23(8-10-25)24-11-13-26(14-12-24)29(20-31)16-17-29/h2-15,18,20H,16-17,19H2,1H3/b18-15+. The molecule has 176 valence electrons. The van der Waals surface area contributed by atoms with E-state index in [0.29, 0.717) is 17.0 Å². The van der Waals surface area contributed by atoms with Crippen molar-refractivity contribution in [3.8, 4) is 22.5 Å². The number of carbonyl (C=O) groups is 1. The van der Waals surface area contributed by atoms with Crippen molar-refractivity contribution in [2.75, 3.05) is 0 Å². The van der Waals surface area contributed by atoms with Crippen molar-refractivity contribution in [2.24, 2.45) is 0 Å². The summed E-state index contributed by atoms with van der Waals surface area (Å²) in [5.41, 5.74) is 5.70. The third-order valence-electron chi connectivity index (χ3n) is 6.52. The van der Waals surface area contributed by atoms with Crippen LogP contribution in [0.3, 0.4) is 0 Å². The molecule has 3 aromatic carbocycles. The number of aldehydes is 1. The Labute approximate surface area is 205 Å². The molecule has 1 aliphatic rings. The van der Waals surface area contributed by atoms with E-state index in [1.165, 1.54) is 5.41 Å². The fourth-order valence-electron chi connectivity index (χ4n) is 4.23. The molecule has 0 radical (unpaired) electrons. The molecule has 0 saturated heterocycles. The fourth-order valence-corrected chi connectivity index (χ4v) is 5.32. The Hall–Kier alpha value is -3.77. The Balaban J connectivity index is 1.36. The Morgan fingerprint density at radius 2 is 1.49 bits per heavy atom. The van der Waals surface area contributed by atoms with E-state index in [-0.39, 0.29) is 11.2 Å². The van der Waals surface area contributed by atoms with Gasteiger partial charge in [0.15, 0.2) is 15.6 Å². The summed E-state index contributed by atoms with van der Waals surface area (Å²) in [6.07, 6.45) is 4.47. The summed E-state index contributed by atoms with van der Waals surface area (Å²) >= 11 is 0. The number of hydrogen-bond donors (Lipinski definition) is 0. The lowest BCUT2D eigenvalue weighted by atomic mass is 9.94. The molecule has 0 aliphatic heterocycles. The number of aromatic nitrogens is 1. The van der Waals surface area contributed by atoms with Gasteiger partial charge in [0, 0.05) is 16.5 Å². The fraction of sp³-hybridized carbons (Fsp3) is 0.172. The average molecular weight is 484 g/mol. The van der Waals surface area contributed by atoms with Crippen molar-refractivity contribution < 1.29 is 17.7 Å². The van der Waals surface area contributed by atoms with Crippen molar-refractivity contribution in [3.63, 3.8) is 0 Å². The van der Waals surface area contributed by atoms with Gasteiger partial charge in [-0.25, -0.2) is 8.42 Å². The molecule has 1 saturated carbocycles. The Kier molecular flexibility index (Phi) is 5.99. The lowest BCUT2D eigenvalue weighted by Gasteiger charge is -2.09. The maximum atomic E-state index is 12.6. The minimum absolute atomic E-state index is 0.0640. The van der Waals surface area contributed by atoms with Crippen LogP contribution in [0.2, 0.25) is 0 Å². The van der Waals surface area contributed by atoms with Gasteiger partial charge in [0.05, 0.1) is 16.9 Å². The number of aryl methyl sites for hydroxylation is 1. The maximum absolute atomic E-state index is 12.6. The summed E-state index contributed by atoms with van der Waals surface area (Å²) in [7, 11) is -3.45. The summed E-state index contributed by atoms with van der Waals surface area (Å²) < 4.78 is 30.8. The van der Waals surface area contributed by atoms with Crippen LogP contribution in [0.1, 0.15) is 35.2 Å². The van der Waals surface area contributed by atoms with Crippen LogP contribution in [0.4, 0.5) is 0 Å². The van der Waals surface area contributed by atoms with Gasteiger partial charge in [0.2, 0.25) is 0 Å². The molecular weight excluding hydrogens is 458 g/mol. The van der Waals surface area contributed by atoms with Gasteiger partial charge in [-0.05, 0) is 48.1 Å². The van der Waals surface area contributed by atoms with E-state index >= 15 is 0 Å². The molecule has 4 aromatic rings. The van der Waals surface area contributed by atoms with Crippen molar-refractivity contribution in [1.29, 1.82) is 0 Å². The van der Waals surface area contributed by atoms with Crippen LogP contribution in [-0.4, -0.2) is 19.9 Å². The summed E-state index contributed by atoms with van der Waals surface area (Å²) in [6.45, 7) is 1.79. The molecule has 6 heteroatoms. The second-order valence-electron chi connectivity index (χ2n) is 9.04. The monoisotopic (exact) mass is 483 g/mol. The third kappa shape index (κ3) is 4.88. The van der Waals surface area contributed by atoms with Crippen LogP contribution in [0.15, 0.2) is 88.8 Å². The third-order valence-corrected chi connectivity index (χ3v) is 7.80. The Morgan fingerprint density at radius 1 is 0.886 bits per heavy atom. The van der Waals surface area contributed by atoms with E-state index in [0.717, 1.165) is 46.9 Å². The van der Waals surface area contributed by atoms with E-state index in [1.54, 1.807) is 25.1 Å². The molecule has 0 spiro atoms. The molecular formula is C29H25NO4S. The van der Waals surface area contributed by atoms with Crippen molar-refractivity contribution >= 4 is 22.2 Å². The second kappa shape index (κ2) is 9.12. The summed E-state index contributed by atoms with van der Waals surface area (Å²) in [4.78, 5) is 11.4. The molecule has 1 aromatic heterocycles. The minimum Gasteiger partial charge on any atom is -0.355 e. The topological polar surface area (TPSA) is 77.2 Å². The highest BCUT2D eigenvalue weighted by atomic mass is 32.2. The first-order valence-electron chi connectivity index (χ1n) is 11.5. The molecule has 5 nitrogen and oxygen atoms in total. The molecule has 1 aliphatic carbocycles. The Morgan fingerprint density at radius 3 is 2.09 bits per heavy atom. The highest BCUT2D eigenvalue weighted by Gasteiger charge is 2.44. The SMILES string of the molecule is Cc1noc(-c2ccc(-c3ccc(C4(C=O)CC4)cc3)cc2)c1/C=C/S(=O)(=O)Cc1ccccc1. The second-order valence-corrected chi connectivity index (χ2v) is 10.9. The van der Waals surface area contributed by atoms with Crippen molar-refractivity contribution in [2.45, 2.75) is 30.9 Å². The largest absolute Gasteiger partial charge is 0.355 e. The predicted octanol–water partition coefficient (Wildman–Crippen LogP) is 6.13. The molecule has 1 heterocycles. The van der Waals surface area contributed by atoms with Gasteiger partial charge in [-0.3, -0.25) is 0 Å². The van der Waals surface area contributed by atoms with Crippen molar-refractivity contribution in [3.05, 3.63) is 107 Å². The molecule has 0 unspecified atom stereocenters. The van der Waals surface area contributed by atoms with Crippen LogP contribution in [0.25, 0.3) is 28.5 Å². The average Bonchev–Trinajstić information content (AvgIpc) is 3.59. The number of nitrogens with zero attached hydrogens (tertiary/aromatic N) is 1. The number of sulfone groups is 1. The number of hydrogen-bond acceptors (Lipinski definition) is 5. The first kappa shape index (κ1) is 23.0. The zero-order valence-electron chi connectivity index (χ0n) is 19.3. The Bertz CT molecular complexity index is 1480. The van der Waals surface area contributed by atoms with Crippen LogP contribution in [-0.2, 0) is 25.8 Å². The molecule has 35 heavy (non-hydrogen) atoms. The zero-order valence-corrected chi connectivity index (χ0v) is 20.2. The van der Waals surface area contributed by atoms with Crippen molar-refractivity contribution in [1.82, 2.24) is 5.16 Å². The van der Waals surface area contributed by atoms with Gasteiger partial charge in [-0.2, -0.15) is 0 Å². The molecule has 0 N–H and O–H groups in total. The van der Waals surface area contributed by atoms with Gasteiger partial charge in [-0.1, -0.05) is 84.0 Å². The van der Waals surface area contributed by atoms with Crippen LogP contribution < -0.4 is 0 Å². The van der Waals surface area contributed by atoms with E-state index in [1.807, 2.05) is 66.7 Å². The lowest BCUT2D eigenvalue weighted by molar-refractivity contribution is -0.109. The zero-order chi connectivity index (χ0) is 24.5. The first-order valence-corrected chi connectivity index (χ1v) is 13.2. The summed E-state index contributed by atoms with van der Waals surface area (Å²) in [6, 6.07) is 25.1. The molecule has 1 fully saturated rings. The van der Waals surface area contributed by atoms with Crippen LogP contribution in [0, 0.1) is 6.92 Å². The lowest BCUT2D eigenvalue weighted by Crippen LogP contribution is -2.07. The first-order chi connectivity index (χ1) is 16.9. The van der Waals surface area contributed by atoms with E-state index in [4.69, 9.17) is 4.52 Å². The van der Waals surface area contributed by atoms with Gasteiger partial charge >= 0.3 is 0 Å². The van der Waals surface area contributed by atoms with E-state index in [2.05, 4.69) is 5.16 Å². The number of benzene rings is 3. The highest BCUT2D eigenvalue weighted by molar-refractivity contribution is 7.93. The summed E-state index contributed by atoms with van der Waals surface area (Å²) in [5.74, 6) is 0.461.